The van der Waals surface area contributed by atoms with Crippen molar-refractivity contribution >= 4 is 0 Å². The van der Waals surface area contributed by atoms with Crippen molar-refractivity contribution < 1.29 is 14.2 Å². The molecular weight excluding hydrogens is 156 g/mol. The summed E-state index contributed by atoms with van der Waals surface area (Å²) in [6.07, 6.45) is 4.20. The van der Waals surface area contributed by atoms with Gasteiger partial charge >= 0.3 is 0 Å². The van der Waals surface area contributed by atoms with Gasteiger partial charge in [-0.05, 0) is 13.8 Å². The predicted octanol–water partition coefficient (Wildman–Crippen LogP) is 1.09. The van der Waals surface area contributed by atoms with Gasteiger partial charge in [-0.1, -0.05) is 12.2 Å². The van der Waals surface area contributed by atoms with Crippen LogP contribution in [0, 0.1) is 0 Å². The zero-order valence-electron chi connectivity index (χ0n) is 7.45. The van der Waals surface area contributed by atoms with E-state index in [1.807, 2.05) is 19.9 Å². The fraction of sp³-hybridized carbons (Fsp3) is 0.778. The molecule has 0 bridgehead atoms. The van der Waals surface area contributed by atoms with E-state index in [0.717, 1.165) is 0 Å². The summed E-state index contributed by atoms with van der Waals surface area (Å²) in [4.78, 5) is 0. The molecule has 2 aliphatic heterocycles. The Morgan fingerprint density at radius 3 is 3.08 bits per heavy atom. The van der Waals surface area contributed by atoms with Crippen molar-refractivity contribution in [3.8, 4) is 0 Å². The van der Waals surface area contributed by atoms with Crippen molar-refractivity contribution in [1.82, 2.24) is 0 Å². The van der Waals surface area contributed by atoms with Crippen LogP contribution in [0.2, 0.25) is 0 Å². The van der Waals surface area contributed by atoms with Crippen LogP contribution in [0.5, 0.6) is 0 Å². The summed E-state index contributed by atoms with van der Waals surface area (Å²) in [7, 11) is 0. The molecule has 2 aliphatic rings. The van der Waals surface area contributed by atoms with E-state index < -0.39 is 5.79 Å². The Balaban J connectivity index is 2.07. The molecule has 0 aromatic heterocycles. The van der Waals surface area contributed by atoms with Crippen molar-refractivity contribution in [2.24, 2.45) is 0 Å². The van der Waals surface area contributed by atoms with Gasteiger partial charge < -0.3 is 14.2 Å². The molecule has 0 N–H and O–H groups in total. The largest absolute Gasteiger partial charge is 0.369 e. The van der Waals surface area contributed by atoms with E-state index in [1.165, 1.54) is 0 Å². The van der Waals surface area contributed by atoms with Gasteiger partial charge in [0.05, 0.1) is 13.2 Å². The number of hydrogen-bond donors (Lipinski definition) is 0. The minimum absolute atomic E-state index is 0.0718. The second kappa shape index (κ2) is 2.83. The molecule has 1 saturated heterocycles. The average Bonchev–Trinajstić information content (AvgIpc) is 2.02. The van der Waals surface area contributed by atoms with E-state index in [2.05, 4.69) is 6.08 Å². The highest BCUT2D eigenvalue weighted by molar-refractivity contribution is 5.00. The van der Waals surface area contributed by atoms with Gasteiger partial charge in [0.15, 0.2) is 5.79 Å². The van der Waals surface area contributed by atoms with E-state index in [4.69, 9.17) is 14.2 Å². The summed E-state index contributed by atoms with van der Waals surface area (Å²) >= 11 is 0. The highest BCUT2D eigenvalue weighted by Gasteiger charge is 2.36. The zero-order valence-corrected chi connectivity index (χ0v) is 7.45. The molecule has 0 aromatic rings. The SMILES string of the molecule is CC1(C)OC[C@@H]2OCC=C[C@@H]2O1. The molecule has 0 spiro atoms. The van der Waals surface area contributed by atoms with Crippen molar-refractivity contribution in [3.63, 3.8) is 0 Å². The van der Waals surface area contributed by atoms with E-state index in [0.29, 0.717) is 13.2 Å². The van der Waals surface area contributed by atoms with Crippen molar-refractivity contribution in [2.45, 2.75) is 31.8 Å². The van der Waals surface area contributed by atoms with Crippen LogP contribution < -0.4 is 0 Å². The minimum atomic E-state index is -0.466. The minimum Gasteiger partial charge on any atom is -0.369 e. The summed E-state index contributed by atoms with van der Waals surface area (Å²) in [6.45, 7) is 5.15. The molecule has 0 saturated carbocycles. The molecule has 12 heavy (non-hydrogen) atoms. The Kier molecular flexibility index (Phi) is 1.94. The highest BCUT2D eigenvalue weighted by atomic mass is 16.7. The van der Waals surface area contributed by atoms with Gasteiger partial charge in [0.25, 0.3) is 0 Å². The summed E-state index contributed by atoms with van der Waals surface area (Å²) in [5.41, 5.74) is 0. The molecule has 0 amide bonds. The molecule has 0 unspecified atom stereocenters. The van der Waals surface area contributed by atoms with Crippen molar-refractivity contribution in [2.75, 3.05) is 13.2 Å². The lowest BCUT2D eigenvalue weighted by molar-refractivity contribution is -0.300. The smallest absolute Gasteiger partial charge is 0.163 e. The summed E-state index contributed by atoms with van der Waals surface area (Å²) < 4.78 is 16.5. The predicted molar refractivity (Wildman–Crippen MR) is 43.8 cm³/mol. The van der Waals surface area contributed by atoms with Crippen LogP contribution in [0.3, 0.4) is 0 Å². The Morgan fingerprint density at radius 1 is 1.42 bits per heavy atom. The molecule has 3 heteroatoms. The molecule has 2 heterocycles. The van der Waals surface area contributed by atoms with E-state index in [1.54, 1.807) is 0 Å². The fourth-order valence-corrected chi connectivity index (χ4v) is 1.49. The lowest BCUT2D eigenvalue weighted by Crippen LogP contribution is -2.50. The monoisotopic (exact) mass is 170 g/mol. The average molecular weight is 170 g/mol. The lowest BCUT2D eigenvalue weighted by atomic mass is 10.1. The van der Waals surface area contributed by atoms with Gasteiger partial charge in [0.1, 0.15) is 12.2 Å². The van der Waals surface area contributed by atoms with Gasteiger partial charge in [0, 0.05) is 0 Å². The Labute approximate surface area is 72.3 Å². The maximum absolute atomic E-state index is 5.64. The van der Waals surface area contributed by atoms with Gasteiger partial charge in [0.2, 0.25) is 0 Å². The molecule has 0 radical (unpaired) electrons. The number of ether oxygens (including phenoxy) is 3. The standard InChI is InChI=1S/C9H14O3/c1-9(2)11-6-8-7(12-9)4-3-5-10-8/h3-4,7-8H,5-6H2,1-2H3/t7-,8-/m0/s1. The zero-order chi connectivity index (χ0) is 8.60. The number of rotatable bonds is 0. The summed E-state index contributed by atoms with van der Waals surface area (Å²) in [6, 6.07) is 0. The van der Waals surface area contributed by atoms with Crippen LogP contribution in [-0.4, -0.2) is 31.2 Å². The van der Waals surface area contributed by atoms with Gasteiger partial charge in [-0.3, -0.25) is 0 Å². The first-order valence-electron chi connectivity index (χ1n) is 4.27. The van der Waals surface area contributed by atoms with Crippen LogP contribution >= 0.6 is 0 Å². The van der Waals surface area contributed by atoms with E-state index in [-0.39, 0.29) is 12.2 Å². The normalized spacial score (nSPS) is 39.2. The van der Waals surface area contributed by atoms with Crippen LogP contribution in [0.4, 0.5) is 0 Å². The van der Waals surface area contributed by atoms with Crippen LogP contribution in [0.25, 0.3) is 0 Å². The summed E-state index contributed by atoms with van der Waals surface area (Å²) in [5, 5.41) is 0. The first-order valence-corrected chi connectivity index (χ1v) is 4.27. The van der Waals surface area contributed by atoms with Gasteiger partial charge in [-0.2, -0.15) is 0 Å². The molecule has 2 atom stereocenters. The molecule has 1 fully saturated rings. The maximum Gasteiger partial charge on any atom is 0.163 e. The maximum atomic E-state index is 5.64. The van der Waals surface area contributed by atoms with Gasteiger partial charge in [-0.15, -0.1) is 0 Å². The highest BCUT2D eigenvalue weighted by Crippen LogP contribution is 2.26. The van der Waals surface area contributed by atoms with Crippen LogP contribution in [0.1, 0.15) is 13.8 Å². The Hall–Kier alpha value is -0.380. The first kappa shape index (κ1) is 8.23. The topological polar surface area (TPSA) is 27.7 Å². The third-order valence-electron chi connectivity index (χ3n) is 2.11. The van der Waals surface area contributed by atoms with Crippen LogP contribution in [-0.2, 0) is 14.2 Å². The fourth-order valence-electron chi connectivity index (χ4n) is 1.49. The number of fused-ring (bicyclic) bond motifs is 1. The first-order chi connectivity index (χ1) is 5.67. The molecule has 68 valence electrons. The Morgan fingerprint density at radius 2 is 2.25 bits per heavy atom. The molecule has 0 aromatic carbocycles. The second-order valence-corrected chi connectivity index (χ2v) is 3.59. The van der Waals surface area contributed by atoms with Crippen LogP contribution in [0.15, 0.2) is 12.2 Å². The van der Waals surface area contributed by atoms with Gasteiger partial charge in [-0.25, -0.2) is 0 Å². The summed E-state index contributed by atoms with van der Waals surface area (Å²) in [5.74, 6) is -0.466. The lowest BCUT2D eigenvalue weighted by Gasteiger charge is -2.40. The second-order valence-electron chi connectivity index (χ2n) is 3.59. The molecule has 2 rings (SSSR count). The quantitative estimate of drug-likeness (QED) is 0.509. The van der Waals surface area contributed by atoms with E-state index in [9.17, 15) is 0 Å². The van der Waals surface area contributed by atoms with Crippen molar-refractivity contribution in [1.29, 1.82) is 0 Å². The third kappa shape index (κ3) is 1.53. The Bertz CT molecular complexity index is 198. The molecular formula is C9H14O3. The van der Waals surface area contributed by atoms with E-state index >= 15 is 0 Å². The third-order valence-corrected chi connectivity index (χ3v) is 2.11. The number of hydrogen-bond acceptors (Lipinski definition) is 3. The van der Waals surface area contributed by atoms with Crippen molar-refractivity contribution in [3.05, 3.63) is 12.2 Å². The molecule has 0 aliphatic carbocycles. The molecule has 3 nitrogen and oxygen atoms in total.